The quantitative estimate of drug-likeness (QED) is 0.891. The monoisotopic (exact) mass is 334 g/mol. The molecule has 2 amide bonds. The fraction of sp³-hybridized carbons (Fsp3) is 0.529. The predicted octanol–water partition coefficient (Wildman–Crippen LogP) is 3.88. The van der Waals surface area contributed by atoms with Gasteiger partial charge in [0.1, 0.15) is 0 Å². The number of aromatic nitrogens is 2. The zero-order valence-corrected chi connectivity index (χ0v) is 15.5. The lowest BCUT2D eigenvalue weighted by molar-refractivity contribution is 0.237. The van der Waals surface area contributed by atoms with E-state index in [1.807, 2.05) is 30.8 Å². The summed E-state index contributed by atoms with van der Waals surface area (Å²) in [6, 6.07) is 3.86. The molecule has 2 aromatic rings. The van der Waals surface area contributed by atoms with Gasteiger partial charge in [-0.2, -0.15) is 5.10 Å². The van der Waals surface area contributed by atoms with Crippen molar-refractivity contribution in [2.24, 2.45) is 0 Å². The highest BCUT2D eigenvalue weighted by atomic mass is 32.1. The van der Waals surface area contributed by atoms with Gasteiger partial charge in [0.15, 0.2) is 0 Å². The standard InChI is InChI=1S/C17H26N4OS/c1-11-7-8-14(23-11)9-18-16(22)19-12(2)15-10-21(17(4,5)6)20-13(15)3/h7-8,10,12H,9H2,1-6H3,(H2,18,19,22). The Hall–Kier alpha value is -1.82. The zero-order valence-electron chi connectivity index (χ0n) is 14.7. The third-order valence-electron chi connectivity index (χ3n) is 3.66. The van der Waals surface area contributed by atoms with Crippen molar-refractivity contribution in [2.45, 2.75) is 59.7 Å². The molecule has 23 heavy (non-hydrogen) atoms. The minimum absolute atomic E-state index is 0.0674. The van der Waals surface area contributed by atoms with Crippen LogP contribution in [0.3, 0.4) is 0 Å². The largest absolute Gasteiger partial charge is 0.333 e. The van der Waals surface area contributed by atoms with Gasteiger partial charge in [-0.25, -0.2) is 4.79 Å². The van der Waals surface area contributed by atoms with Gasteiger partial charge in [-0.15, -0.1) is 11.3 Å². The summed E-state index contributed by atoms with van der Waals surface area (Å²) in [5.41, 5.74) is 1.92. The van der Waals surface area contributed by atoms with Crippen LogP contribution in [0.15, 0.2) is 18.3 Å². The maximum atomic E-state index is 12.1. The van der Waals surface area contributed by atoms with Gasteiger partial charge < -0.3 is 10.6 Å². The molecule has 6 heteroatoms. The van der Waals surface area contributed by atoms with Gasteiger partial charge in [-0.3, -0.25) is 4.68 Å². The van der Waals surface area contributed by atoms with E-state index in [2.05, 4.69) is 49.5 Å². The third-order valence-corrected chi connectivity index (χ3v) is 4.66. The van der Waals surface area contributed by atoms with Crippen LogP contribution in [0.4, 0.5) is 4.79 Å². The number of carbonyl (C=O) groups excluding carboxylic acids is 1. The SMILES string of the molecule is Cc1ccc(CNC(=O)NC(C)c2cn(C(C)(C)C)nc2C)s1. The molecular weight excluding hydrogens is 308 g/mol. The van der Waals surface area contributed by atoms with Gasteiger partial charge in [0.25, 0.3) is 0 Å². The van der Waals surface area contributed by atoms with Gasteiger partial charge in [-0.05, 0) is 53.7 Å². The molecule has 0 spiro atoms. The first kappa shape index (κ1) is 17.5. The van der Waals surface area contributed by atoms with Crippen LogP contribution in [-0.4, -0.2) is 15.8 Å². The Balaban J connectivity index is 1.94. The Morgan fingerprint density at radius 1 is 1.35 bits per heavy atom. The Morgan fingerprint density at radius 2 is 2.04 bits per heavy atom. The first-order valence-electron chi connectivity index (χ1n) is 7.83. The number of thiophene rings is 1. The number of rotatable bonds is 4. The number of carbonyl (C=O) groups is 1. The molecule has 0 bridgehead atoms. The molecule has 0 fully saturated rings. The van der Waals surface area contributed by atoms with E-state index in [1.54, 1.807) is 11.3 Å². The summed E-state index contributed by atoms with van der Waals surface area (Å²) in [5, 5.41) is 10.4. The molecule has 0 aliphatic rings. The number of urea groups is 1. The third kappa shape index (κ3) is 4.58. The molecule has 0 aromatic carbocycles. The predicted molar refractivity (Wildman–Crippen MR) is 94.8 cm³/mol. The minimum atomic E-state index is -0.161. The van der Waals surface area contributed by atoms with Crippen LogP contribution in [0.1, 0.15) is 54.7 Å². The first-order valence-corrected chi connectivity index (χ1v) is 8.65. The Bertz CT molecular complexity index is 681. The molecule has 0 aliphatic heterocycles. The Kier molecular flexibility index (Phi) is 5.14. The smallest absolute Gasteiger partial charge is 0.315 e. The molecule has 2 heterocycles. The van der Waals surface area contributed by atoms with E-state index in [4.69, 9.17) is 0 Å². The summed E-state index contributed by atoms with van der Waals surface area (Å²) >= 11 is 1.70. The van der Waals surface area contributed by atoms with Crippen molar-refractivity contribution in [1.82, 2.24) is 20.4 Å². The van der Waals surface area contributed by atoms with E-state index in [9.17, 15) is 4.79 Å². The number of amides is 2. The summed E-state index contributed by atoms with van der Waals surface area (Å²) in [4.78, 5) is 14.5. The summed E-state index contributed by atoms with van der Waals surface area (Å²) in [6.07, 6.45) is 2.02. The van der Waals surface area contributed by atoms with E-state index in [0.29, 0.717) is 6.54 Å². The molecule has 5 nitrogen and oxygen atoms in total. The highest BCUT2D eigenvalue weighted by Gasteiger charge is 2.20. The lowest BCUT2D eigenvalue weighted by Gasteiger charge is -2.19. The number of nitrogens with zero attached hydrogens (tertiary/aromatic N) is 2. The van der Waals surface area contributed by atoms with Crippen molar-refractivity contribution in [3.8, 4) is 0 Å². The van der Waals surface area contributed by atoms with E-state index in [0.717, 1.165) is 16.1 Å². The average Bonchev–Trinajstić information content (AvgIpc) is 3.02. The lowest BCUT2D eigenvalue weighted by atomic mass is 10.1. The van der Waals surface area contributed by atoms with E-state index < -0.39 is 0 Å². The van der Waals surface area contributed by atoms with Gasteiger partial charge in [0.2, 0.25) is 0 Å². The first-order chi connectivity index (χ1) is 10.7. The molecule has 0 saturated carbocycles. The van der Waals surface area contributed by atoms with E-state index in [1.165, 1.54) is 4.88 Å². The summed E-state index contributed by atoms with van der Waals surface area (Å²) in [5.74, 6) is 0. The van der Waals surface area contributed by atoms with Crippen LogP contribution in [0, 0.1) is 13.8 Å². The van der Waals surface area contributed by atoms with Crippen molar-refractivity contribution in [1.29, 1.82) is 0 Å². The molecule has 2 aromatic heterocycles. The number of hydrogen-bond acceptors (Lipinski definition) is 3. The van der Waals surface area contributed by atoms with Crippen LogP contribution in [0.5, 0.6) is 0 Å². The summed E-state index contributed by atoms with van der Waals surface area (Å²) < 4.78 is 1.95. The normalized spacial score (nSPS) is 13.0. The van der Waals surface area contributed by atoms with Gasteiger partial charge in [0.05, 0.1) is 23.8 Å². The average molecular weight is 334 g/mol. The number of aryl methyl sites for hydroxylation is 2. The molecule has 1 atom stereocenters. The van der Waals surface area contributed by atoms with Crippen LogP contribution in [0.2, 0.25) is 0 Å². The van der Waals surface area contributed by atoms with Crippen molar-refractivity contribution in [2.75, 3.05) is 0 Å². The van der Waals surface area contributed by atoms with E-state index in [-0.39, 0.29) is 17.6 Å². The molecule has 0 aliphatic carbocycles. The second kappa shape index (κ2) is 6.74. The van der Waals surface area contributed by atoms with Crippen LogP contribution < -0.4 is 10.6 Å². The molecule has 0 saturated heterocycles. The molecule has 1 unspecified atom stereocenters. The Labute approximate surface area is 142 Å². The minimum Gasteiger partial charge on any atom is -0.333 e. The maximum Gasteiger partial charge on any atom is 0.315 e. The Morgan fingerprint density at radius 3 is 2.57 bits per heavy atom. The second-order valence-electron chi connectivity index (χ2n) is 6.85. The zero-order chi connectivity index (χ0) is 17.2. The maximum absolute atomic E-state index is 12.1. The van der Waals surface area contributed by atoms with Crippen LogP contribution in [0.25, 0.3) is 0 Å². The van der Waals surface area contributed by atoms with Crippen LogP contribution >= 0.6 is 11.3 Å². The summed E-state index contributed by atoms with van der Waals surface area (Å²) in [6.45, 7) is 12.9. The highest BCUT2D eigenvalue weighted by Crippen LogP contribution is 2.21. The second-order valence-corrected chi connectivity index (χ2v) is 8.22. The number of hydrogen-bond donors (Lipinski definition) is 2. The lowest BCUT2D eigenvalue weighted by Crippen LogP contribution is -2.36. The molecule has 2 N–H and O–H groups in total. The molecule has 0 radical (unpaired) electrons. The van der Waals surface area contributed by atoms with Crippen molar-refractivity contribution in [3.05, 3.63) is 39.3 Å². The number of nitrogens with one attached hydrogen (secondary N) is 2. The van der Waals surface area contributed by atoms with Crippen LogP contribution in [-0.2, 0) is 12.1 Å². The molecular formula is C17H26N4OS. The van der Waals surface area contributed by atoms with E-state index >= 15 is 0 Å². The molecule has 126 valence electrons. The highest BCUT2D eigenvalue weighted by molar-refractivity contribution is 7.11. The van der Waals surface area contributed by atoms with Crippen molar-refractivity contribution < 1.29 is 4.79 Å². The molecule has 2 rings (SSSR count). The van der Waals surface area contributed by atoms with Crippen molar-refractivity contribution >= 4 is 17.4 Å². The summed E-state index contributed by atoms with van der Waals surface area (Å²) in [7, 11) is 0. The fourth-order valence-electron chi connectivity index (χ4n) is 2.32. The fourth-order valence-corrected chi connectivity index (χ4v) is 3.15. The van der Waals surface area contributed by atoms with Gasteiger partial charge >= 0.3 is 6.03 Å². The van der Waals surface area contributed by atoms with Gasteiger partial charge in [-0.1, -0.05) is 0 Å². The van der Waals surface area contributed by atoms with Crippen molar-refractivity contribution in [3.63, 3.8) is 0 Å². The van der Waals surface area contributed by atoms with Gasteiger partial charge in [0, 0.05) is 21.5 Å². The topological polar surface area (TPSA) is 59.0 Å².